The van der Waals surface area contributed by atoms with Gasteiger partial charge in [-0.05, 0) is 48.6 Å². The van der Waals surface area contributed by atoms with E-state index in [1.165, 1.54) is 13.3 Å². The zero-order valence-electron chi connectivity index (χ0n) is 15.5. The molecule has 0 amide bonds. The van der Waals surface area contributed by atoms with Crippen molar-refractivity contribution in [1.29, 1.82) is 0 Å². The number of methoxy groups -OCH3 is 1. The van der Waals surface area contributed by atoms with Gasteiger partial charge in [0.2, 0.25) is 0 Å². The zero-order chi connectivity index (χ0) is 20.8. The summed E-state index contributed by atoms with van der Waals surface area (Å²) in [7, 11) is -3.07. The second-order valence-electron chi connectivity index (χ2n) is 6.75. The van der Waals surface area contributed by atoms with Crippen LogP contribution in [0.25, 0.3) is 11.3 Å². The number of ether oxygens (including phenoxy) is 1. The molecule has 1 aliphatic carbocycles. The molecular weight excluding hydrogens is 400 g/mol. The lowest BCUT2D eigenvalue weighted by Gasteiger charge is -2.13. The molecule has 0 radical (unpaired) electrons. The number of benzene rings is 2. The van der Waals surface area contributed by atoms with Crippen LogP contribution in [-0.4, -0.2) is 25.5 Å². The molecule has 0 saturated heterocycles. The van der Waals surface area contributed by atoms with Gasteiger partial charge in [0, 0.05) is 11.8 Å². The first-order valence-corrected chi connectivity index (χ1v) is 10.4. The number of rotatable bonds is 3. The maximum absolute atomic E-state index is 13.7. The molecule has 150 valence electrons. The summed E-state index contributed by atoms with van der Waals surface area (Å²) in [5, 5.41) is 0. The maximum atomic E-state index is 13.7. The molecule has 0 unspecified atom stereocenters. The molecule has 0 N–H and O–H groups in total. The molecule has 0 fully saturated rings. The van der Waals surface area contributed by atoms with Crippen molar-refractivity contribution in [2.24, 2.45) is 0 Å². The van der Waals surface area contributed by atoms with Gasteiger partial charge in [0.05, 0.1) is 23.3 Å². The molecule has 3 aromatic rings. The lowest BCUT2D eigenvalue weighted by Crippen LogP contribution is -2.14. The Kier molecular flexibility index (Phi) is 4.74. The molecule has 0 spiro atoms. The lowest BCUT2D eigenvalue weighted by atomic mass is 10.0. The minimum Gasteiger partial charge on any atom is -0.465 e. The van der Waals surface area contributed by atoms with Crippen molar-refractivity contribution in [3.8, 4) is 11.3 Å². The normalized spacial score (nSPS) is 13.3. The smallest absolute Gasteiger partial charge is 0.339 e. The Morgan fingerprint density at radius 2 is 1.83 bits per heavy atom. The van der Waals surface area contributed by atoms with E-state index >= 15 is 0 Å². The van der Waals surface area contributed by atoms with Crippen molar-refractivity contribution in [1.82, 2.24) is 3.97 Å². The molecule has 0 bridgehead atoms. The van der Waals surface area contributed by atoms with Crippen LogP contribution < -0.4 is 0 Å². The van der Waals surface area contributed by atoms with E-state index in [9.17, 15) is 22.0 Å². The summed E-state index contributed by atoms with van der Waals surface area (Å²) in [5.74, 6) is -3.06. The largest absolute Gasteiger partial charge is 0.465 e. The third-order valence-corrected chi connectivity index (χ3v) is 6.73. The summed E-state index contributed by atoms with van der Waals surface area (Å²) in [6, 6.07) is 9.74. The number of carbonyl (C=O) groups excluding carboxylic acids is 1. The van der Waals surface area contributed by atoms with Gasteiger partial charge >= 0.3 is 5.97 Å². The van der Waals surface area contributed by atoms with Crippen LogP contribution in [0.2, 0.25) is 0 Å². The number of esters is 1. The Morgan fingerprint density at radius 3 is 2.55 bits per heavy atom. The number of halogens is 2. The van der Waals surface area contributed by atoms with E-state index < -0.39 is 32.5 Å². The molecule has 5 nitrogen and oxygen atoms in total. The second kappa shape index (κ2) is 7.11. The Hall–Kier alpha value is -3.00. The monoisotopic (exact) mass is 417 g/mol. The number of nitrogens with zero attached hydrogens (tertiary/aromatic N) is 1. The number of hydrogen-bond acceptors (Lipinski definition) is 4. The summed E-state index contributed by atoms with van der Waals surface area (Å²) in [6.45, 7) is 0. The van der Waals surface area contributed by atoms with Crippen LogP contribution in [0.4, 0.5) is 8.78 Å². The Bertz CT molecular complexity index is 1230. The highest BCUT2D eigenvalue weighted by Gasteiger charge is 2.31. The van der Waals surface area contributed by atoms with E-state index in [-0.39, 0.29) is 5.56 Å². The van der Waals surface area contributed by atoms with Crippen molar-refractivity contribution in [2.45, 2.75) is 24.2 Å². The molecule has 0 atom stereocenters. The van der Waals surface area contributed by atoms with Crippen molar-refractivity contribution in [3.63, 3.8) is 0 Å². The standard InChI is InChI=1S/C21H17F2NO4S/c1-28-21(25)17-12-24(29(26,27)14-9-10-18(22)19(23)11-14)20-15-7-3-2-5-13(15)6-4-8-16(17)20/h2-3,5,7,9-12H,4,6,8H2,1H3. The fourth-order valence-electron chi connectivity index (χ4n) is 3.71. The second-order valence-corrected chi connectivity index (χ2v) is 8.56. The minimum absolute atomic E-state index is 0.144. The SMILES string of the molecule is COC(=O)c1cn(S(=O)(=O)c2ccc(F)c(F)c2)c2c1CCCc1ccccc1-2. The number of aryl methyl sites for hydroxylation is 1. The average Bonchev–Trinajstić information content (AvgIpc) is 2.99. The molecule has 1 heterocycles. The fourth-order valence-corrected chi connectivity index (χ4v) is 5.12. The van der Waals surface area contributed by atoms with E-state index in [4.69, 9.17) is 4.74 Å². The van der Waals surface area contributed by atoms with Crippen LogP contribution in [0, 0.1) is 11.6 Å². The molecule has 8 heteroatoms. The van der Waals surface area contributed by atoms with Gasteiger partial charge in [0.25, 0.3) is 10.0 Å². The molecule has 0 aliphatic heterocycles. The zero-order valence-corrected chi connectivity index (χ0v) is 16.3. The first-order valence-electron chi connectivity index (χ1n) is 8.96. The summed E-state index contributed by atoms with van der Waals surface area (Å²) >= 11 is 0. The number of aromatic nitrogens is 1. The van der Waals surface area contributed by atoms with Gasteiger partial charge in [-0.25, -0.2) is 26.0 Å². The van der Waals surface area contributed by atoms with Crippen molar-refractivity contribution in [2.75, 3.05) is 7.11 Å². The highest BCUT2D eigenvalue weighted by atomic mass is 32.2. The predicted molar refractivity (Wildman–Crippen MR) is 102 cm³/mol. The summed E-state index contributed by atoms with van der Waals surface area (Å²) in [6.07, 6.45) is 3.13. The van der Waals surface area contributed by atoms with Gasteiger partial charge in [-0.2, -0.15) is 0 Å². The van der Waals surface area contributed by atoms with Crippen LogP contribution in [0.3, 0.4) is 0 Å². The lowest BCUT2D eigenvalue weighted by molar-refractivity contribution is 0.0599. The van der Waals surface area contributed by atoms with Gasteiger partial charge in [-0.3, -0.25) is 0 Å². The van der Waals surface area contributed by atoms with Crippen LogP contribution in [-0.2, 0) is 27.6 Å². The first kappa shape index (κ1) is 19.3. The number of hydrogen-bond donors (Lipinski definition) is 0. The molecule has 0 saturated carbocycles. The Morgan fingerprint density at radius 1 is 1.07 bits per heavy atom. The molecule has 4 rings (SSSR count). The van der Waals surface area contributed by atoms with Gasteiger partial charge in [-0.1, -0.05) is 24.3 Å². The summed E-state index contributed by atoms with van der Waals surface area (Å²) in [5.41, 5.74) is 2.69. The van der Waals surface area contributed by atoms with Crippen molar-refractivity contribution in [3.05, 3.63) is 77.0 Å². The first-order chi connectivity index (χ1) is 13.8. The minimum atomic E-state index is -4.30. The third kappa shape index (κ3) is 3.13. The Labute approximate surface area is 166 Å². The van der Waals surface area contributed by atoms with Gasteiger partial charge < -0.3 is 4.74 Å². The van der Waals surface area contributed by atoms with Crippen molar-refractivity contribution >= 4 is 16.0 Å². The molecule has 1 aromatic heterocycles. The third-order valence-electron chi connectivity index (χ3n) is 5.08. The van der Waals surface area contributed by atoms with E-state index in [0.29, 0.717) is 29.3 Å². The molecule has 2 aromatic carbocycles. The topological polar surface area (TPSA) is 65.4 Å². The highest BCUT2D eigenvalue weighted by molar-refractivity contribution is 7.90. The van der Waals surface area contributed by atoms with Gasteiger partial charge in [0.15, 0.2) is 11.6 Å². The van der Waals surface area contributed by atoms with Crippen LogP contribution in [0.5, 0.6) is 0 Å². The fraction of sp³-hybridized carbons (Fsp3) is 0.190. The Balaban J connectivity index is 2.04. The molecular formula is C21H17F2NO4S. The highest BCUT2D eigenvalue weighted by Crippen LogP contribution is 2.38. The molecule has 29 heavy (non-hydrogen) atoms. The van der Waals surface area contributed by atoms with Crippen LogP contribution in [0.1, 0.15) is 27.9 Å². The summed E-state index contributed by atoms with van der Waals surface area (Å²) in [4.78, 5) is 11.9. The number of carbonyl (C=O) groups is 1. The molecule has 1 aliphatic rings. The van der Waals surface area contributed by atoms with E-state index in [0.717, 1.165) is 34.5 Å². The quantitative estimate of drug-likeness (QED) is 0.606. The van der Waals surface area contributed by atoms with E-state index in [2.05, 4.69) is 0 Å². The number of fused-ring (bicyclic) bond motifs is 3. The van der Waals surface area contributed by atoms with Crippen molar-refractivity contribution < 1.29 is 26.7 Å². The summed E-state index contributed by atoms with van der Waals surface area (Å²) < 4.78 is 59.6. The van der Waals surface area contributed by atoms with Crippen LogP contribution in [0.15, 0.2) is 53.6 Å². The van der Waals surface area contributed by atoms with Gasteiger partial charge in [-0.15, -0.1) is 0 Å². The average molecular weight is 417 g/mol. The van der Waals surface area contributed by atoms with E-state index in [1.54, 1.807) is 12.1 Å². The van der Waals surface area contributed by atoms with Gasteiger partial charge in [0.1, 0.15) is 0 Å². The maximum Gasteiger partial charge on any atom is 0.339 e. The van der Waals surface area contributed by atoms with Crippen LogP contribution >= 0.6 is 0 Å². The predicted octanol–water partition coefficient (Wildman–Crippen LogP) is 3.95. The van der Waals surface area contributed by atoms with E-state index in [1.807, 2.05) is 12.1 Å².